The molecule has 0 saturated carbocycles. The summed E-state index contributed by atoms with van der Waals surface area (Å²) in [6.07, 6.45) is 1.51. The second-order valence-electron chi connectivity index (χ2n) is 5.01. The van der Waals surface area contributed by atoms with Gasteiger partial charge in [-0.05, 0) is 24.6 Å². The topological polar surface area (TPSA) is 53.8 Å². The van der Waals surface area contributed by atoms with Crippen LogP contribution in [0.5, 0.6) is 0 Å². The van der Waals surface area contributed by atoms with Crippen LogP contribution < -0.4 is 0 Å². The van der Waals surface area contributed by atoms with E-state index in [0.717, 1.165) is 0 Å². The molecular formula is C17H11FN2OS. The lowest BCUT2D eigenvalue weighted by molar-refractivity contribution is 0.102. The van der Waals surface area contributed by atoms with Crippen LogP contribution in [-0.2, 0) is 0 Å². The zero-order chi connectivity index (χ0) is 15.9. The summed E-state index contributed by atoms with van der Waals surface area (Å²) >= 11 is 1.24. The summed E-state index contributed by atoms with van der Waals surface area (Å²) < 4.78 is 14.4. The number of thiazole rings is 1. The molecule has 0 saturated heterocycles. The van der Waals surface area contributed by atoms with Crippen LogP contribution in [0.4, 0.5) is 4.39 Å². The van der Waals surface area contributed by atoms with E-state index in [-0.39, 0.29) is 11.6 Å². The van der Waals surface area contributed by atoms with Gasteiger partial charge in [0.25, 0.3) is 0 Å². The Labute approximate surface area is 130 Å². The number of hydrogen-bond donors (Lipinski definition) is 0. The van der Waals surface area contributed by atoms with Crippen molar-refractivity contribution >= 4 is 27.9 Å². The number of carbonyl (C=O) groups is 1. The summed E-state index contributed by atoms with van der Waals surface area (Å²) in [4.78, 5) is 16.1. The number of carbonyl (C=O) groups excluding carboxylic acids is 1. The van der Waals surface area contributed by atoms with Crippen LogP contribution in [0.3, 0.4) is 0 Å². The third-order valence-corrected chi connectivity index (χ3v) is 4.63. The molecule has 0 aliphatic carbocycles. The molecule has 0 N–H and O–H groups in total. The van der Waals surface area contributed by atoms with E-state index >= 15 is 0 Å². The van der Waals surface area contributed by atoms with Crippen LogP contribution in [0.2, 0.25) is 0 Å². The molecule has 3 rings (SSSR count). The van der Waals surface area contributed by atoms with Gasteiger partial charge in [0.2, 0.25) is 0 Å². The Morgan fingerprint density at radius 2 is 2.09 bits per heavy atom. The average molecular weight is 310 g/mol. The van der Waals surface area contributed by atoms with Gasteiger partial charge >= 0.3 is 0 Å². The molecule has 1 heterocycles. The fraction of sp³-hybridized carbons (Fsp3) is 0.118. The van der Waals surface area contributed by atoms with E-state index in [9.17, 15) is 14.4 Å². The van der Waals surface area contributed by atoms with Crippen LogP contribution in [0.15, 0.2) is 30.5 Å². The molecule has 0 aliphatic rings. The van der Waals surface area contributed by atoms with Crippen molar-refractivity contribution in [3.8, 4) is 16.6 Å². The summed E-state index contributed by atoms with van der Waals surface area (Å²) in [7, 11) is 0. The standard InChI is InChI=1S/C17H11FN2OS/c1-9-3-4-13-12(7-19)5-11(6-14(13)16(9)18)17-20-8-15(22-17)10(2)21/h3-6,8H,1-2H3. The zero-order valence-electron chi connectivity index (χ0n) is 12.0. The molecule has 5 heteroatoms. The van der Waals surface area contributed by atoms with Crippen molar-refractivity contribution in [2.75, 3.05) is 0 Å². The van der Waals surface area contributed by atoms with Crippen molar-refractivity contribution in [2.45, 2.75) is 13.8 Å². The van der Waals surface area contributed by atoms with E-state index in [4.69, 9.17) is 0 Å². The Hall–Kier alpha value is -2.58. The van der Waals surface area contributed by atoms with E-state index in [2.05, 4.69) is 11.1 Å². The minimum absolute atomic E-state index is 0.0629. The van der Waals surface area contributed by atoms with Crippen LogP contribution >= 0.6 is 11.3 Å². The third kappa shape index (κ3) is 2.28. The molecule has 0 atom stereocenters. The van der Waals surface area contributed by atoms with Gasteiger partial charge in [-0.2, -0.15) is 5.26 Å². The second-order valence-corrected chi connectivity index (χ2v) is 6.04. The average Bonchev–Trinajstić information content (AvgIpc) is 3.00. The molecule has 3 aromatic rings. The Morgan fingerprint density at radius 1 is 1.32 bits per heavy atom. The highest BCUT2D eigenvalue weighted by Crippen LogP contribution is 2.32. The van der Waals surface area contributed by atoms with Crippen molar-refractivity contribution in [2.24, 2.45) is 0 Å². The van der Waals surface area contributed by atoms with Crippen molar-refractivity contribution < 1.29 is 9.18 Å². The first kappa shape index (κ1) is 14.4. The number of nitriles is 1. The molecule has 0 bridgehead atoms. The molecule has 108 valence electrons. The summed E-state index contributed by atoms with van der Waals surface area (Å²) in [5.74, 6) is -0.397. The Kier molecular flexibility index (Phi) is 3.47. The summed E-state index contributed by atoms with van der Waals surface area (Å²) in [6, 6.07) is 8.87. The summed E-state index contributed by atoms with van der Waals surface area (Å²) in [5, 5.41) is 10.9. The van der Waals surface area contributed by atoms with E-state index < -0.39 is 0 Å². The fourth-order valence-corrected chi connectivity index (χ4v) is 3.09. The Balaban J connectivity index is 2.28. The van der Waals surface area contributed by atoms with E-state index in [1.165, 1.54) is 24.5 Å². The normalized spacial score (nSPS) is 10.6. The molecule has 0 fully saturated rings. The number of aryl methyl sites for hydroxylation is 1. The number of aromatic nitrogens is 1. The molecular weight excluding hydrogens is 299 g/mol. The smallest absolute Gasteiger partial charge is 0.171 e. The summed E-state index contributed by atoms with van der Waals surface area (Å²) in [5.41, 5.74) is 1.56. The monoisotopic (exact) mass is 310 g/mol. The number of hydrogen-bond acceptors (Lipinski definition) is 4. The third-order valence-electron chi connectivity index (χ3n) is 3.48. The summed E-state index contributed by atoms with van der Waals surface area (Å²) in [6.45, 7) is 3.16. The molecule has 0 unspecified atom stereocenters. The first-order valence-electron chi connectivity index (χ1n) is 6.61. The molecule has 3 nitrogen and oxygen atoms in total. The number of fused-ring (bicyclic) bond motifs is 1. The number of Topliss-reactive ketones (excluding diaryl/α,β-unsaturated/α-hetero) is 1. The van der Waals surface area contributed by atoms with Crippen molar-refractivity contribution in [1.82, 2.24) is 4.98 Å². The number of rotatable bonds is 2. The molecule has 22 heavy (non-hydrogen) atoms. The Bertz CT molecular complexity index is 953. The minimum atomic E-state index is -0.334. The van der Waals surface area contributed by atoms with Gasteiger partial charge in [0.05, 0.1) is 16.5 Å². The predicted octanol–water partition coefficient (Wildman–Crippen LogP) is 4.49. The van der Waals surface area contributed by atoms with Crippen LogP contribution in [0.1, 0.15) is 27.7 Å². The first-order chi connectivity index (χ1) is 10.5. The predicted molar refractivity (Wildman–Crippen MR) is 84.5 cm³/mol. The highest BCUT2D eigenvalue weighted by atomic mass is 32.1. The highest BCUT2D eigenvalue weighted by Gasteiger charge is 2.14. The van der Waals surface area contributed by atoms with Gasteiger partial charge in [-0.1, -0.05) is 12.1 Å². The van der Waals surface area contributed by atoms with Crippen LogP contribution in [0.25, 0.3) is 21.3 Å². The first-order valence-corrected chi connectivity index (χ1v) is 7.43. The SMILES string of the molecule is CC(=O)c1cnc(-c2cc(C#N)c3ccc(C)c(F)c3c2)s1. The number of ketones is 1. The van der Waals surface area contributed by atoms with Gasteiger partial charge in [0.1, 0.15) is 10.8 Å². The quantitative estimate of drug-likeness (QED) is 0.655. The molecule has 1 aromatic heterocycles. The van der Waals surface area contributed by atoms with Gasteiger partial charge < -0.3 is 0 Å². The minimum Gasteiger partial charge on any atom is -0.294 e. The van der Waals surface area contributed by atoms with Crippen LogP contribution in [0, 0.1) is 24.1 Å². The second kappa shape index (κ2) is 5.32. The fourth-order valence-electron chi connectivity index (χ4n) is 2.29. The molecule has 0 spiro atoms. The number of nitrogens with zero attached hydrogens (tertiary/aromatic N) is 2. The lowest BCUT2D eigenvalue weighted by Gasteiger charge is -2.07. The number of benzene rings is 2. The molecule has 2 aromatic carbocycles. The van der Waals surface area contributed by atoms with E-state index in [0.29, 0.717) is 37.3 Å². The van der Waals surface area contributed by atoms with Crippen LogP contribution in [-0.4, -0.2) is 10.8 Å². The Morgan fingerprint density at radius 3 is 2.73 bits per heavy atom. The zero-order valence-corrected chi connectivity index (χ0v) is 12.8. The van der Waals surface area contributed by atoms with Gasteiger partial charge in [0, 0.05) is 29.5 Å². The van der Waals surface area contributed by atoms with Gasteiger partial charge in [-0.15, -0.1) is 11.3 Å². The number of halogens is 1. The maximum atomic E-state index is 14.4. The van der Waals surface area contributed by atoms with E-state index in [1.807, 2.05) is 0 Å². The maximum absolute atomic E-state index is 14.4. The van der Waals surface area contributed by atoms with Crippen molar-refractivity contribution in [1.29, 1.82) is 5.26 Å². The lowest BCUT2D eigenvalue weighted by atomic mass is 9.99. The maximum Gasteiger partial charge on any atom is 0.171 e. The lowest BCUT2D eigenvalue weighted by Crippen LogP contribution is -1.90. The van der Waals surface area contributed by atoms with Crippen molar-refractivity contribution in [3.63, 3.8) is 0 Å². The molecule has 0 radical (unpaired) electrons. The van der Waals surface area contributed by atoms with Gasteiger partial charge in [0.15, 0.2) is 5.78 Å². The van der Waals surface area contributed by atoms with Gasteiger partial charge in [-0.3, -0.25) is 4.79 Å². The van der Waals surface area contributed by atoms with Gasteiger partial charge in [-0.25, -0.2) is 9.37 Å². The molecule has 0 amide bonds. The molecule has 0 aliphatic heterocycles. The van der Waals surface area contributed by atoms with Crippen molar-refractivity contribution in [3.05, 3.63) is 52.3 Å². The van der Waals surface area contributed by atoms with E-state index in [1.54, 1.807) is 31.2 Å². The largest absolute Gasteiger partial charge is 0.294 e. The highest BCUT2D eigenvalue weighted by molar-refractivity contribution is 7.16.